The molecule has 1 atom stereocenters. The SMILES string of the molecule is CC1CCCCN1CCCNC(=O)CSc1nc(Cl)cc(N2CCN(C(=O)C3CC3)CC2)n1. The number of hydrogen-bond acceptors (Lipinski definition) is 7. The zero-order valence-electron chi connectivity index (χ0n) is 19.5. The van der Waals surface area contributed by atoms with E-state index in [4.69, 9.17) is 11.6 Å². The predicted molar refractivity (Wildman–Crippen MR) is 132 cm³/mol. The summed E-state index contributed by atoms with van der Waals surface area (Å²) in [6.07, 6.45) is 6.92. The van der Waals surface area contributed by atoms with Gasteiger partial charge in [-0.25, -0.2) is 9.97 Å². The molecule has 8 nitrogen and oxygen atoms in total. The number of likely N-dealkylation sites (tertiary alicyclic amines) is 1. The fraction of sp³-hybridized carbons (Fsp3) is 0.739. The van der Waals surface area contributed by atoms with Crippen LogP contribution < -0.4 is 10.2 Å². The fourth-order valence-corrected chi connectivity index (χ4v) is 5.45. The van der Waals surface area contributed by atoms with Gasteiger partial charge < -0.3 is 20.0 Å². The Labute approximate surface area is 205 Å². The number of nitrogens with zero attached hydrogens (tertiary/aromatic N) is 5. The lowest BCUT2D eigenvalue weighted by molar-refractivity contribution is -0.132. The van der Waals surface area contributed by atoms with E-state index in [-0.39, 0.29) is 17.6 Å². The summed E-state index contributed by atoms with van der Waals surface area (Å²) < 4.78 is 0. The van der Waals surface area contributed by atoms with Gasteiger partial charge in [0, 0.05) is 57.3 Å². The highest BCUT2D eigenvalue weighted by molar-refractivity contribution is 7.99. The molecule has 3 fully saturated rings. The Morgan fingerprint density at radius 3 is 2.64 bits per heavy atom. The van der Waals surface area contributed by atoms with E-state index in [1.54, 1.807) is 6.07 Å². The molecule has 1 aliphatic carbocycles. The maximum Gasteiger partial charge on any atom is 0.230 e. The first-order valence-electron chi connectivity index (χ1n) is 12.2. The van der Waals surface area contributed by atoms with Crippen molar-refractivity contribution >= 4 is 41.0 Å². The normalized spacial score (nSPS) is 21.8. The molecule has 182 valence electrons. The molecule has 10 heteroatoms. The second-order valence-corrected chi connectivity index (χ2v) is 10.6. The third kappa shape index (κ3) is 7.20. The Kier molecular flexibility index (Phi) is 8.71. The van der Waals surface area contributed by atoms with Gasteiger partial charge in [0.2, 0.25) is 11.8 Å². The summed E-state index contributed by atoms with van der Waals surface area (Å²) >= 11 is 7.55. The molecule has 2 saturated heterocycles. The van der Waals surface area contributed by atoms with Crippen molar-refractivity contribution in [2.75, 3.05) is 56.5 Å². The molecule has 3 aliphatic rings. The van der Waals surface area contributed by atoms with Gasteiger partial charge >= 0.3 is 0 Å². The first kappa shape index (κ1) is 24.5. The summed E-state index contributed by atoms with van der Waals surface area (Å²) in [5.74, 6) is 1.57. The molecule has 2 aliphatic heterocycles. The van der Waals surface area contributed by atoms with Gasteiger partial charge in [-0.05, 0) is 45.6 Å². The molecule has 33 heavy (non-hydrogen) atoms. The molecule has 0 aromatic carbocycles. The largest absolute Gasteiger partial charge is 0.355 e. The Morgan fingerprint density at radius 2 is 1.91 bits per heavy atom. The molecular formula is C23H35ClN6O2S. The number of hydrogen-bond donors (Lipinski definition) is 1. The Balaban J connectivity index is 1.18. The molecule has 2 amide bonds. The molecule has 0 spiro atoms. The number of thioether (sulfide) groups is 1. The van der Waals surface area contributed by atoms with Crippen LogP contribution >= 0.6 is 23.4 Å². The smallest absolute Gasteiger partial charge is 0.230 e. The van der Waals surface area contributed by atoms with E-state index in [1.165, 1.54) is 37.6 Å². The Hall–Kier alpha value is -1.58. The van der Waals surface area contributed by atoms with Gasteiger partial charge in [0.15, 0.2) is 5.16 Å². The highest BCUT2D eigenvalue weighted by atomic mass is 35.5. The summed E-state index contributed by atoms with van der Waals surface area (Å²) in [7, 11) is 0. The van der Waals surface area contributed by atoms with Gasteiger partial charge in [0.05, 0.1) is 5.75 Å². The third-order valence-electron chi connectivity index (χ3n) is 6.72. The summed E-state index contributed by atoms with van der Waals surface area (Å²) in [5, 5.41) is 3.88. The summed E-state index contributed by atoms with van der Waals surface area (Å²) in [6, 6.07) is 2.41. The van der Waals surface area contributed by atoms with Gasteiger partial charge in [-0.3, -0.25) is 9.59 Å². The van der Waals surface area contributed by atoms with E-state index in [2.05, 4.69) is 32.0 Å². The van der Waals surface area contributed by atoms with Crippen LogP contribution in [-0.4, -0.2) is 89.2 Å². The van der Waals surface area contributed by atoms with Crippen LogP contribution in [0.5, 0.6) is 0 Å². The summed E-state index contributed by atoms with van der Waals surface area (Å²) in [6.45, 7) is 8.06. The molecule has 1 unspecified atom stereocenters. The second kappa shape index (κ2) is 11.7. The van der Waals surface area contributed by atoms with E-state index in [0.717, 1.165) is 44.7 Å². The van der Waals surface area contributed by atoms with E-state index >= 15 is 0 Å². The van der Waals surface area contributed by atoms with Crippen LogP contribution in [0.15, 0.2) is 11.2 Å². The highest BCUT2D eigenvalue weighted by Gasteiger charge is 2.34. The van der Waals surface area contributed by atoms with Crippen LogP contribution in [-0.2, 0) is 9.59 Å². The van der Waals surface area contributed by atoms with Crippen molar-refractivity contribution in [3.05, 3.63) is 11.2 Å². The third-order valence-corrected chi connectivity index (χ3v) is 7.76. The number of rotatable bonds is 9. The molecule has 3 heterocycles. The number of nitrogens with one attached hydrogen (secondary N) is 1. The van der Waals surface area contributed by atoms with Crippen molar-refractivity contribution in [2.24, 2.45) is 5.92 Å². The van der Waals surface area contributed by atoms with Gasteiger partial charge in [-0.1, -0.05) is 29.8 Å². The molecular weight excluding hydrogens is 460 g/mol. The maximum atomic E-state index is 12.3. The van der Waals surface area contributed by atoms with Crippen molar-refractivity contribution in [1.82, 2.24) is 25.1 Å². The van der Waals surface area contributed by atoms with Crippen molar-refractivity contribution in [1.29, 1.82) is 0 Å². The van der Waals surface area contributed by atoms with Gasteiger partial charge in [0.1, 0.15) is 11.0 Å². The quantitative estimate of drug-likeness (QED) is 0.244. The minimum atomic E-state index is -0.0102. The van der Waals surface area contributed by atoms with Gasteiger partial charge in [0.25, 0.3) is 0 Å². The number of carbonyl (C=O) groups excluding carboxylic acids is 2. The molecule has 1 aromatic rings. The first-order chi connectivity index (χ1) is 16.0. The lowest BCUT2D eigenvalue weighted by Crippen LogP contribution is -2.49. The van der Waals surface area contributed by atoms with E-state index in [0.29, 0.717) is 41.9 Å². The molecule has 0 bridgehead atoms. The minimum Gasteiger partial charge on any atom is -0.355 e. The summed E-state index contributed by atoms with van der Waals surface area (Å²) in [4.78, 5) is 40.1. The molecule has 1 saturated carbocycles. The number of anilines is 1. The van der Waals surface area contributed by atoms with E-state index in [1.807, 2.05) is 4.90 Å². The van der Waals surface area contributed by atoms with Gasteiger partial charge in [-0.15, -0.1) is 0 Å². The standard InChI is InChI=1S/C23H35ClN6O2S/c1-17-5-2-3-9-28(17)10-4-8-25-21(31)16-33-23-26-19(24)15-20(27-23)29-11-13-30(14-12-29)22(32)18-6-7-18/h15,17-18H,2-14,16H2,1H3,(H,25,31). The predicted octanol–water partition coefficient (Wildman–Crippen LogP) is 2.66. The van der Waals surface area contributed by atoms with E-state index in [9.17, 15) is 9.59 Å². The van der Waals surface area contributed by atoms with Crippen molar-refractivity contribution in [3.8, 4) is 0 Å². The van der Waals surface area contributed by atoms with Crippen LogP contribution in [0.2, 0.25) is 5.15 Å². The monoisotopic (exact) mass is 494 g/mol. The summed E-state index contributed by atoms with van der Waals surface area (Å²) in [5.41, 5.74) is 0. The van der Waals surface area contributed by atoms with Crippen molar-refractivity contribution in [3.63, 3.8) is 0 Å². The number of amides is 2. The number of piperazine rings is 1. The van der Waals surface area contributed by atoms with Crippen molar-refractivity contribution < 1.29 is 9.59 Å². The average Bonchev–Trinajstić information content (AvgIpc) is 3.66. The highest BCUT2D eigenvalue weighted by Crippen LogP contribution is 2.31. The van der Waals surface area contributed by atoms with Crippen LogP contribution in [0.1, 0.15) is 45.4 Å². The first-order valence-corrected chi connectivity index (χ1v) is 13.6. The van der Waals surface area contributed by atoms with E-state index < -0.39 is 0 Å². The number of halogens is 1. The number of aromatic nitrogens is 2. The number of piperidine rings is 1. The van der Waals surface area contributed by atoms with Crippen LogP contribution in [0.25, 0.3) is 0 Å². The maximum absolute atomic E-state index is 12.3. The second-order valence-electron chi connectivity index (χ2n) is 9.29. The van der Waals surface area contributed by atoms with Gasteiger partial charge in [-0.2, -0.15) is 0 Å². The van der Waals surface area contributed by atoms with Crippen molar-refractivity contribution in [2.45, 2.75) is 56.6 Å². The van der Waals surface area contributed by atoms with Crippen LogP contribution in [0.3, 0.4) is 0 Å². The zero-order chi connectivity index (χ0) is 23.2. The minimum absolute atomic E-state index is 0.0102. The molecule has 1 aromatic heterocycles. The lowest BCUT2D eigenvalue weighted by atomic mass is 10.0. The Bertz CT molecular complexity index is 831. The number of carbonyl (C=O) groups is 2. The topological polar surface area (TPSA) is 81.7 Å². The molecule has 0 radical (unpaired) electrons. The zero-order valence-corrected chi connectivity index (χ0v) is 21.0. The fourth-order valence-electron chi connectivity index (χ4n) is 4.54. The lowest BCUT2D eigenvalue weighted by Gasteiger charge is -2.35. The molecule has 1 N–H and O–H groups in total. The molecule has 4 rings (SSSR count). The Morgan fingerprint density at radius 1 is 1.12 bits per heavy atom. The average molecular weight is 495 g/mol. The van der Waals surface area contributed by atoms with Crippen LogP contribution in [0.4, 0.5) is 5.82 Å². The van der Waals surface area contributed by atoms with Crippen LogP contribution in [0, 0.1) is 5.92 Å².